The Hall–Kier alpha value is -4.19. The smallest absolute Gasteiger partial charge is 0.428 e. The summed E-state index contributed by atoms with van der Waals surface area (Å²) < 4.78 is 77.4. The molecule has 0 saturated heterocycles. The van der Waals surface area contributed by atoms with Crippen LogP contribution in [-0.4, -0.2) is 35.9 Å². The summed E-state index contributed by atoms with van der Waals surface area (Å²) in [5.41, 5.74) is 0.911. The molecule has 0 aliphatic rings. The number of halogens is 3. The van der Waals surface area contributed by atoms with E-state index in [0.29, 0.717) is 36.2 Å². The minimum atomic E-state index is -5.02. The Bertz CT molecular complexity index is 1580. The third kappa shape index (κ3) is 5.25. The second-order valence-electron chi connectivity index (χ2n) is 8.11. The molecule has 0 spiro atoms. The van der Waals surface area contributed by atoms with Gasteiger partial charge in [-0.05, 0) is 67.4 Å². The third-order valence-corrected chi connectivity index (χ3v) is 7.23. The molecule has 0 saturated carbocycles. The fraction of sp³-hybridized carbons (Fsp3) is 0.192. The van der Waals surface area contributed by atoms with Crippen LogP contribution in [0.1, 0.15) is 20.3 Å². The molecule has 0 unspecified atom stereocenters. The first kappa shape index (κ1) is 26.9. The van der Waals surface area contributed by atoms with E-state index in [1.165, 1.54) is 0 Å². The Balaban J connectivity index is 1.92. The number of sulfonamides is 1. The molecule has 1 amide bonds. The topological polar surface area (TPSA) is 94.4 Å². The van der Waals surface area contributed by atoms with Gasteiger partial charge in [0.1, 0.15) is 28.0 Å². The minimum Gasteiger partial charge on any atom is -0.448 e. The molecule has 8 nitrogen and oxygen atoms in total. The molecule has 4 rings (SSSR count). The zero-order valence-electron chi connectivity index (χ0n) is 20.4. The van der Waals surface area contributed by atoms with Gasteiger partial charge in [-0.3, -0.25) is 9.67 Å². The molecule has 0 aliphatic carbocycles. The lowest BCUT2D eigenvalue weighted by Gasteiger charge is -2.23. The normalized spacial score (nSPS) is 11.4. The van der Waals surface area contributed by atoms with Crippen molar-refractivity contribution in [1.82, 2.24) is 14.8 Å². The van der Waals surface area contributed by atoms with Crippen molar-refractivity contribution < 1.29 is 31.1 Å². The van der Waals surface area contributed by atoms with E-state index in [4.69, 9.17) is 4.74 Å². The lowest BCUT2D eigenvalue weighted by molar-refractivity contribution is 0.158. The zero-order chi connectivity index (χ0) is 27.4. The molecule has 4 aromatic rings. The van der Waals surface area contributed by atoms with Crippen LogP contribution < -0.4 is 4.31 Å². The molecule has 0 N–H and O–H groups in total. The Kier molecular flexibility index (Phi) is 7.81. The molecule has 38 heavy (non-hydrogen) atoms. The lowest BCUT2D eigenvalue weighted by atomic mass is 10.0. The standard InChI is InChI=1S/C26H23F3N4O4S/c1-3-13-37-26(34)33(38(35,36)24-14-18(27)5-7-23(24)29)19-6-8-22(28)20(15-19)25-21(16-32(4-2)31-25)17-9-11-30-12-10-17/h5-12,14-16H,3-4,13H2,1-2H3. The molecular weight excluding hydrogens is 521 g/mol. The van der Waals surface area contributed by atoms with Crippen LogP contribution in [0.15, 0.2) is 72.0 Å². The highest BCUT2D eigenvalue weighted by Crippen LogP contribution is 2.36. The number of anilines is 1. The summed E-state index contributed by atoms with van der Waals surface area (Å²) >= 11 is 0. The number of ether oxygens (including phenoxy) is 1. The predicted octanol–water partition coefficient (Wildman–Crippen LogP) is 5.79. The van der Waals surface area contributed by atoms with Gasteiger partial charge in [0.25, 0.3) is 10.0 Å². The van der Waals surface area contributed by atoms with Crippen LogP contribution in [0.25, 0.3) is 22.4 Å². The Morgan fingerprint density at radius 2 is 1.68 bits per heavy atom. The summed E-state index contributed by atoms with van der Waals surface area (Å²) in [6.07, 6.45) is 3.82. The fourth-order valence-electron chi connectivity index (χ4n) is 3.71. The quantitative estimate of drug-likeness (QED) is 0.279. The average Bonchev–Trinajstić information content (AvgIpc) is 3.34. The number of hydrogen-bond acceptors (Lipinski definition) is 6. The average molecular weight is 545 g/mol. The Morgan fingerprint density at radius 3 is 2.37 bits per heavy atom. The SMILES string of the molecule is CCCOC(=O)N(c1ccc(F)c(-c2nn(CC)cc2-c2ccncc2)c1)S(=O)(=O)c1cc(F)ccc1F. The molecule has 12 heteroatoms. The summed E-state index contributed by atoms with van der Waals surface area (Å²) in [5.74, 6) is -3.05. The monoisotopic (exact) mass is 544 g/mol. The first-order chi connectivity index (χ1) is 18.2. The number of hydrogen-bond donors (Lipinski definition) is 0. The van der Waals surface area contributed by atoms with Crippen molar-refractivity contribution >= 4 is 21.8 Å². The van der Waals surface area contributed by atoms with Crippen LogP contribution in [0.4, 0.5) is 23.7 Å². The molecule has 198 valence electrons. The van der Waals surface area contributed by atoms with Gasteiger partial charge in [0.2, 0.25) is 0 Å². The van der Waals surface area contributed by atoms with E-state index in [2.05, 4.69) is 10.1 Å². The molecule has 0 atom stereocenters. The van der Waals surface area contributed by atoms with Crippen LogP contribution in [0.2, 0.25) is 0 Å². The maximum absolute atomic E-state index is 15.2. The number of amides is 1. The number of rotatable bonds is 8. The van der Waals surface area contributed by atoms with Gasteiger partial charge in [-0.15, -0.1) is 0 Å². The van der Waals surface area contributed by atoms with E-state index in [0.717, 1.165) is 24.3 Å². The maximum Gasteiger partial charge on any atom is 0.428 e. The first-order valence-electron chi connectivity index (χ1n) is 11.6. The van der Waals surface area contributed by atoms with Crippen molar-refractivity contribution in [3.05, 3.63) is 84.6 Å². The van der Waals surface area contributed by atoms with Crippen molar-refractivity contribution in [3.63, 3.8) is 0 Å². The van der Waals surface area contributed by atoms with E-state index < -0.39 is 38.5 Å². The van der Waals surface area contributed by atoms with Crippen molar-refractivity contribution in [2.75, 3.05) is 10.9 Å². The number of aromatic nitrogens is 3. The van der Waals surface area contributed by atoms with Gasteiger partial charge in [-0.25, -0.2) is 26.4 Å². The van der Waals surface area contributed by atoms with Crippen LogP contribution in [0, 0.1) is 17.5 Å². The molecule has 2 heterocycles. The molecule has 0 fully saturated rings. The summed E-state index contributed by atoms with van der Waals surface area (Å²) in [5, 5.41) is 4.44. The summed E-state index contributed by atoms with van der Waals surface area (Å²) in [6, 6.07) is 8.33. The second-order valence-corrected chi connectivity index (χ2v) is 9.86. The van der Waals surface area contributed by atoms with Gasteiger partial charge < -0.3 is 4.74 Å². The van der Waals surface area contributed by atoms with Crippen molar-refractivity contribution in [2.24, 2.45) is 0 Å². The van der Waals surface area contributed by atoms with Gasteiger partial charge in [-0.1, -0.05) is 6.92 Å². The van der Waals surface area contributed by atoms with Crippen LogP contribution >= 0.6 is 0 Å². The number of pyridine rings is 1. The third-order valence-electron chi connectivity index (χ3n) is 5.52. The van der Waals surface area contributed by atoms with E-state index in [-0.39, 0.29) is 27.9 Å². The highest BCUT2D eigenvalue weighted by Gasteiger charge is 2.35. The van der Waals surface area contributed by atoms with E-state index in [9.17, 15) is 22.0 Å². The number of aryl methyl sites for hydroxylation is 1. The molecule has 0 radical (unpaired) electrons. The molecule has 2 aromatic heterocycles. The van der Waals surface area contributed by atoms with E-state index >= 15 is 4.39 Å². The molecule has 2 aromatic carbocycles. The van der Waals surface area contributed by atoms with Gasteiger partial charge in [-0.2, -0.15) is 9.40 Å². The van der Waals surface area contributed by atoms with Gasteiger partial charge in [0.15, 0.2) is 0 Å². The summed E-state index contributed by atoms with van der Waals surface area (Å²) in [6.45, 7) is 3.85. The molecular formula is C26H23F3N4O4S. The van der Waals surface area contributed by atoms with Crippen LogP contribution in [0.5, 0.6) is 0 Å². The Morgan fingerprint density at radius 1 is 0.974 bits per heavy atom. The van der Waals surface area contributed by atoms with Crippen molar-refractivity contribution in [1.29, 1.82) is 0 Å². The van der Waals surface area contributed by atoms with E-state index in [1.54, 1.807) is 42.3 Å². The highest BCUT2D eigenvalue weighted by molar-refractivity contribution is 7.93. The van der Waals surface area contributed by atoms with Crippen LogP contribution in [0.3, 0.4) is 0 Å². The largest absolute Gasteiger partial charge is 0.448 e. The Labute approximate surface area is 217 Å². The van der Waals surface area contributed by atoms with Crippen LogP contribution in [-0.2, 0) is 21.3 Å². The van der Waals surface area contributed by atoms with Crippen molar-refractivity contribution in [2.45, 2.75) is 31.7 Å². The summed E-state index contributed by atoms with van der Waals surface area (Å²) in [7, 11) is -5.02. The lowest BCUT2D eigenvalue weighted by Crippen LogP contribution is -2.38. The molecule has 0 bridgehead atoms. The van der Waals surface area contributed by atoms with Crippen molar-refractivity contribution in [3.8, 4) is 22.4 Å². The minimum absolute atomic E-state index is 0.121. The number of carbonyl (C=O) groups excluding carboxylic acids is 1. The van der Waals surface area contributed by atoms with Gasteiger partial charge >= 0.3 is 6.09 Å². The second kappa shape index (κ2) is 11.1. The fourth-order valence-corrected chi connectivity index (χ4v) is 5.12. The number of nitrogens with zero attached hydrogens (tertiary/aromatic N) is 4. The van der Waals surface area contributed by atoms with Gasteiger partial charge in [0, 0.05) is 36.3 Å². The maximum atomic E-state index is 15.2. The van der Waals surface area contributed by atoms with Gasteiger partial charge in [0.05, 0.1) is 12.3 Å². The predicted molar refractivity (Wildman–Crippen MR) is 134 cm³/mol. The molecule has 0 aliphatic heterocycles. The van der Waals surface area contributed by atoms with E-state index in [1.807, 2.05) is 6.92 Å². The highest BCUT2D eigenvalue weighted by atomic mass is 32.2. The summed E-state index contributed by atoms with van der Waals surface area (Å²) in [4.78, 5) is 15.9. The number of benzene rings is 2. The first-order valence-corrected chi connectivity index (χ1v) is 13.1. The number of carbonyl (C=O) groups is 1. The zero-order valence-corrected chi connectivity index (χ0v) is 21.3.